The minimum atomic E-state index is -0.256. The minimum absolute atomic E-state index is 0.0627. The Morgan fingerprint density at radius 1 is 1.53 bits per heavy atom. The predicted molar refractivity (Wildman–Crippen MR) is 63.2 cm³/mol. The van der Waals surface area contributed by atoms with E-state index < -0.39 is 0 Å². The number of carbonyl (C=O) groups is 1. The monoisotopic (exact) mass is 237 g/mol. The lowest BCUT2D eigenvalue weighted by atomic mass is 10.1. The number of nitrogens with two attached hydrogens (primary N) is 1. The fourth-order valence-electron chi connectivity index (χ4n) is 1.35. The van der Waals surface area contributed by atoms with Crippen molar-refractivity contribution in [3.63, 3.8) is 0 Å². The Kier molecular flexibility index (Phi) is 4.33. The van der Waals surface area contributed by atoms with Gasteiger partial charge in [-0.15, -0.1) is 0 Å². The molecule has 5 N–H and O–H groups in total. The van der Waals surface area contributed by atoms with E-state index in [1.165, 1.54) is 12.1 Å². The highest BCUT2D eigenvalue weighted by molar-refractivity contribution is 5.96. The van der Waals surface area contributed by atoms with E-state index >= 15 is 0 Å². The molecule has 0 saturated heterocycles. The van der Waals surface area contributed by atoms with Crippen LogP contribution in [0.15, 0.2) is 23.4 Å². The third-order valence-corrected chi connectivity index (χ3v) is 2.25. The summed E-state index contributed by atoms with van der Waals surface area (Å²) in [6, 6.07) is 4.51. The number of amidine groups is 1. The first-order valence-electron chi connectivity index (χ1n) is 5.09. The first kappa shape index (κ1) is 12.8. The van der Waals surface area contributed by atoms with Crippen molar-refractivity contribution in [2.24, 2.45) is 10.9 Å². The zero-order valence-electron chi connectivity index (χ0n) is 9.47. The average molecular weight is 237 g/mol. The van der Waals surface area contributed by atoms with Crippen molar-refractivity contribution in [1.29, 1.82) is 0 Å². The normalized spacial score (nSPS) is 11.2. The van der Waals surface area contributed by atoms with Crippen molar-refractivity contribution in [3.8, 4) is 5.75 Å². The van der Waals surface area contributed by atoms with Gasteiger partial charge in [-0.3, -0.25) is 4.79 Å². The Balaban J connectivity index is 2.58. The second-order valence-electron chi connectivity index (χ2n) is 3.60. The lowest BCUT2D eigenvalue weighted by molar-refractivity contribution is 0.0954. The van der Waals surface area contributed by atoms with E-state index in [1.807, 2.05) is 0 Å². The molecule has 6 heteroatoms. The highest BCUT2D eigenvalue weighted by Gasteiger charge is 2.08. The molecule has 0 saturated carbocycles. The van der Waals surface area contributed by atoms with Gasteiger partial charge in [0.15, 0.2) is 0 Å². The first-order valence-corrected chi connectivity index (χ1v) is 5.09. The standard InChI is InChI=1S/C11H15N3O3/c1-7-6-8(15)2-3-9(7)11(16)13-5-4-10(12)14-17/h2-3,6,15,17H,4-5H2,1H3,(H2,12,14)(H,13,16). The van der Waals surface area contributed by atoms with Crippen LogP contribution in [-0.2, 0) is 0 Å². The molecule has 0 radical (unpaired) electrons. The zero-order valence-corrected chi connectivity index (χ0v) is 9.47. The van der Waals surface area contributed by atoms with E-state index in [0.29, 0.717) is 11.1 Å². The van der Waals surface area contributed by atoms with E-state index in [4.69, 9.17) is 10.9 Å². The lowest BCUT2D eigenvalue weighted by Gasteiger charge is -2.07. The largest absolute Gasteiger partial charge is 0.508 e. The Labute approximate surface area is 98.7 Å². The van der Waals surface area contributed by atoms with Crippen LogP contribution in [0.5, 0.6) is 5.75 Å². The van der Waals surface area contributed by atoms with Crippen molar-refractivity contribution >= 4 is 11.7 Å². The number of oxime groups is 1. The molecule has 92 valence electrons. The van der Waals surface area contributed by atoms with Crippen LogP contribution in [0.25, 0.3) is 0 Å². The predicted octanol–water partition coefficient (Wildman–Crippen LogP) is 0.567. The van der Waals surface area contributed by atoms with E-state index in [9.17, 15) is 9.90 Å². The Morgan fingerprint density at radius 3 is 2.82 bits per heavy atom. The molecular formula is C11H15N3O3. The molecule has 0 heterocycles. The molecule has 0 spiro atoms. The Bertz CT molecular complexity index is 444. The zero-order chi connectivity index (χ0) is 12.8. The van der Waals surface area contributed by atoms with Gasteiger partial charge in [0.2, 0.25) is 0 Å². The molecular weight excluding hydrogens is 222 g/mol. The summed E-state index contributed by atoms with van der Waals surface area (Å²) in [5, 5.41) is 23.0. The van der Waals surface area contributed by atoms with Crippen LogP contribution in [0.3, 0.4) is 0 Å². The summed E-state index contributed by atoms with van der Waals surface area (Å²) >= 11 is 0. The number of phenolic OH excluding ortho intramolecular Hbond substituents is 1. The molecule has 1 rings (SSSR count). The molecule has 1 amide bonds. The molecule has 0 aliphatic carbocycles. The van der Waals surface area contributed by atoms with Gasteiger partial charge < -0.3 is 21.4 Å². The van der Waals surface area contributed by atoms with Crippen molar-refractivity contribution in [2.75, 3.05) is 6.54 Å². The average Bonchev–Trinajstić information content (AvgIpc) is 2.28. The number of aryl methyl sites for hydroxylation is 1. The molecule has 6 nitrogen and oxygen atoms in total. The van der Waals surface area contributed by atoms with Crippen LogP contribution in [0.1, 0.15) is 22.3 Å². The molecule has 1 aromatic rings. The quantitative estimate of drug-likeness (QED) is 0.265. The van der Waals surface area contributed by atoms with Crippen molar-refractivity contribution in [3.05, 3.63) is 29.3 Å². The van der Waals surface area contributed by atoms with Crippen molar-refractivity contribution < 1.29 is 15.1 Å². The minimum Gasteiger partial charge on any atom is -0.508 e. The summed E-state index contributed by atoms with van der Waals surface area (Å²) in [5.41, 5.74) is 6.44. The van der Waals surface area contributed by atoms with E-state index in [-0.39, 0.29) is 30.5 Å². The van der Waals surface area contributed by atoms with Crippen LogP contribution < -0.4 is 11.1 Å². The highest BCUT2D eigenvalue weighted by atomic mass is 16.4. The molecule has 1 aromatic carbocycles. The van der Waals surface area contributed by atoms with Crippen LogP contribution in [0, 0.1) is 6.92 Å². The maximum Gasteiger partial charge on any atom is 0.251 e. The second kappa shape index (κ2) is 5.74. The van der Waals surface area contributed by atoms with Gasteiger partial charge in [-0.2, -0.15) is 0 Å². The summed E-state index contributed by atoms with van der Waals surface area (Å²) in [6.45, 7) is 2.02. The number of nitrogens with one attached hydrogen (secondary N) is 1. The number of aromatic hydroxyl groups is 1. The van der Waals surface area contributed by atoms with Gasteiger partial charge in [0.05, 0.1) is 0 Å². The fraction of sp³-hybridized carbons (Fsp3) is 0.273. The topological polar surface area (TPSA) is 108 Å². The summed E-state index contributed by atoms with van der Waals surface area (Å²) < 4.78 is 0. The number of hydrogen-bond donors (Lipinski definition) is 4. The maximum absolute atomic E-state index is 11.7. The molecule has 0 aromatic heterocycles. The molecule has 0 aliphatic heterocycles. The van der Waals surface area contributed by atoms with Gasteiger partial charge >= 0.3 is 0 Å². The van der Waals surface area contributed by atoms with Gasteiger partial charge in [-0.05, 0) is 30.7 Å². The van der Waals surface area contributed by atoms with Gasteiger partial charge in [-0.1, -0.05) is 5.16 Å². The number of benzene rings is 1. The fourth-order valence-corrected chi connectivity index (χ4v) is 1.35. The molecule has 0 unspecified atom stereocenters. The van der Waals surface area contributed by atoms with Crippen LogP contribution in [-0.4, -0.2) is 28.6 Å². The number of phenols is 1. The smallest absolute Gasteiger partial charge is 0.251 e. The van der Waals surface area contributed by atoms with Gasteiger partial charge in [0.1, 0.15) is 11.6 Å². The molecule has 0 aliphatic rings. The summed E-state index contributed by atoms with van der Waals surface area (Å²) in [6.07, 6.45) is 0.277. The van der Waals surface area contributed by atoms with Crippen LogP contribution in [0.2, 0.25) is 0 Å². The number of carbonyl (C=O) groups excluding carboxylic acids is 1. The number of rotatable bonds is 4. The van der Waals surface area contributed by atoms with Gasteiger partial charge in [0.25, 0.3) is 5.91 Å². The van der Waals surface area contributed by atoms with E-state index in [0.717, 1.165) is 0 Å². The van der Waals surface area contributed by atoms with Crippen LogP contribution >= 0.6 is 0 Å². The molecule has 0 bridgehead atoms. The second-order valence-corrected chi connectivity index (χ2v) is 3.60. The SMILES string of the molecule is Cc1cc(O)ccc1C(=O)NCC/C(N)=N/O. The maximum atomic E-state index is 11.7. The number of nitrogens with zero attached hydrogens (tertiary/aromatic N) is 1. The number of hydrogen-bond acceptors (Lipinski definition) is 4. The van der Waals surface area contributed by atoms with E-state index in [1.54, 1.807) is 13.0 Å². The molecule has 0 fully saturated rings. The Hall–Kier alpha value is -2.24. The third-order valence-electron chi connectivity index (χ3n) is 2.25. The first-order chi connectivity index (χ1) is 8.04. The van der Waals surface area contributed by atoms with Crippen molar-refractivity contribution in [2.45, 2.75) is 13.3 Å². The molecule has 0 atom stereocenters. The third kappa shape index (κ3) is 3.67. The van der Waals surface area contributed by atoms with Crippen LogP contribution in [0.4, 0.5) is 0 Å². The van der Waals surface area contributed by atoms with Crippen molar-refractivity contribution in [1.82, 2.24) is 5.32 Å². The number of amides is 1. The lowest BCUT2D eigenvalue weighted by Crippen LogP contribution is -2.28. The highest BCUT2D eigenvalue weighted by Crippen LogP contribution is 2.15. The summed E-state index contributed by atoms with van der Waals surface area (Å²) in [7, 11) is 0. The molecule has 17 heavy (non-hydrogen) atoms. The summed E-state index contributed by atoms with van der Waals surface area (Å²) in [5.74, 6) is -0.0725. The van der Waals surface area contributed by atoms with E-state index in [2.05, 4.69) is 10.5 Å². The van der Waals surface area contributed by atoms with Gasteiger partial charge in [0, 0.05) is 18.5 Å². The summed E-state index contributed by atoms with van der Waals surface area (Å²) in [4.78, 5) is 11.7. The Morgan fingerprint density at radius 2 is 2.24 bits per heavy atom. The van der Waals surface area contributed by atoms with Gasteiger partial charge in [-0.25, -0.2) is 0 Å².